The predicted octanol–water partition coefficient (Wildman–Crippen LogP) is 3.28. The molecule has 1 fully saturated rings. The molecule has 1 amide bonds. The molecular formula is C13H11BrClNO2. The molecule has 0 aliphatic carbocycles. The molecule has 1 unspecified atom stereocenters. The van der Waals surface area contributed by atoms with E-state index in [-0.39, 0.29) is 11.7 Å². The zero-order chi connectivity index (χ0) is 13.3. The van der Waals surface area contributed by atoms with Crippen LogP contribution in [0, 0.1) is 5.92 Å². The second-order valence-corrected chi connectivity index (χ2v) is 5.33. The van der Waals surface area contributed by atoms with Crippen LogP contribution in [0.25, 0.3) is 0 Å². The number of Topliss-reactive ketones (excluding diaryl/α,β-unsaturated/α-hetero) is 1. The quantitative estimate of drug-likeness (QED) is 0.631. The van der Waals surface area contributed by atoms with Crippen LogP contribution in [-0.4, -0.2) is 23.1 Å². The van der Waals surface area contributed by atoms with E-state index in [1.54, 1.807) is 18.2 Å². The Morgan fingerprint density at radius 3 is 2.89 bits per heavy atom. The van der Waals surface area contributed by atoms with Gasteiger partial charge in [-0.2, -0.15) is 0 Å². The van der Waals surface area contributed by atoms with Crippen molar-refractivity contribution in [1.29, 1.82) is 0 Å². The Morgan fingerprint density at radius 1 is 1.56 bits per heavy atom. The van der Waals surface area contributed by atoms with Crippen molar-refractivity contribution in [3.63, 3.8) is 0 Å². The summed E-state index contributed by atoms with van der Waals surface area (Å²) in [4.78, 5) is 25.7. The number of likely N-dealkylation sites (tertiary alicyclic amines) is 1. The molecule has 0 radical (unpaired) electrons. The van der Waals surface area contributed by atoms with E-state index < -0.39 is 5.92 Å². The standard InChI is InChI=1S/C13H11BrClNO2/c1-2-16-6-5-9(13(16)18)12(17)10-7-8(15)3-4-11(10)14/h2-4,7,9H,1,5-6H2. The molecule has 0 aromatic heterocycles. The number of amides is 1. The SMILES string of the molecule is C=CN1CCC(C(=O)c2cc(Cl)ccc2Br)C1=O. The number of hydrogen-bond acceptors (Lipinski definition) is 2. The molecule has 1 saturated heterocycles. The molecule has 94 valence electrons. The van der Waals surface area contributed by atoms with Gasteiger partial charge in [0.15, 0.2) is 5.78 Å². The van der Waals surface area contributed by atoms with Gasteiger partial charge >= 0.3 is 0 Å². The number of rotatable bonds is 3. The van der Waals surface area contributed by atoms with Gasteiger partial charge in [-0.3, -0.25) is 9.59 Å². The van der Waals surface area contributed by atoms with Crippen LogP contribution in [0.3, 0.4) is 0 Å². The molecule has 0 spiro atoms. The van der Waals surface area contributed by atoms with Crippen molar-refractivity contribution in [2.45, 2.75) is 6.42 Å². The summed E-state index contributed by atoms with van der Waals surface area (Å²) in [7, 11) is 0. The largest absolute Gasteiger partial charge is 0.319 e. The van der Waals surface area contributed by atoms with E-state index in [1.165, 1.54) is 11.1 Å². The first-order chi connectivity index (χ1) is 8.54. The Hall–Kier alpha value is -1.13. The number of halogens is 2. The summed E-state index contributed by atoms with van der Waals surface area (Å²) >= 11 is 9.18. The maximum atomic E-state index is 12.3. The average molecular weight is 329 g/mol. The topological polar surface area (TPSA) is 37.4 Å². The van der Waals surface area contributed by atoms with Gasteiger partial charge in [-0.15, -0.1) is 0 Å². The number of hydrogen-bond donors (Lipinski definition) is 0. The van der Waals surface area contributed by atoms with Crippen LogP contribution in [0.4, 0.5) is 0 Å². The normalized spacial score (nSPS) is 19.1. The molecular weight excluding hydrogens is 318 g/mol. The lowest BCUT2D eigenvalue weighted by atomic mass is 9.96. The van der Waals surface area contributed by atoms with Gasteiger partial charge in [-0.05, 0) is 30.8 Å². The average Bonchev–Trinajstić information content (AvgIpc) is 2.72. The maximum absolute atomic E-state index is 12.3. The maximum Gasteiger partial charge on any atom is 0.237 e. The third kappa shape index (κ3) is 2.35. The van der Waals surface area contributed by atoms with Gasteiger partial charge in [0.25, 0.3) is 0 Å². The van der Waals surface area contributed by atoms with Crippen molar-refractivity contribution in [3.05, 3.63) is 46.0 Å². The summed E-state index contributed by atoms with van der Waals surface area (Å²) in [6.07, 6.45) is 1.98. The van der Waals surface area contributed by atoms with Crippen LogP contribution < -0.4 is 0 Å². The van der Waals surface area contributed by atoms with E-state index in [0.717, 1.165) is 0 Å². The smallest absolute Gasteiger partial charge is 0.237 e. The van der Waals surface area contributed by atoms with Crippen LogP contribution >= 0.6 is 27.5 Å². The van der Waals surface area contributed by atoms with Crippen molar-refractivity contribution in [3.8, 4) is 0 Å². The number of benzene rings is 1. The zero-order valence-electron chi connectivity index (χ0n) is 9.53. The summed E-state index contributed by atoms with van der Waals surface area (Å²) in [5, 5.41) is 0.479. The molecule has 1 heterocycles. The highest BCUT2D eigenvalue weighted by atomic mass is 79.9. The van der Waals surface area contributed by atoms with E-state index in [4.69, 9.17) is 11.6 Å². The van der Waals surface area contributed by atoms with Crippen LogP contribution in [0.5, 0.6) is 0 Å². The van der Waals surface area contributed by atoms with Crippen molar-refractivity contribution in [1.82, 2.24) is 4.90 Å². The highest BCUT2D eigenvalue weighted by Gasteiger charge is 2.36. The van der Waals surface area contributed by atoms with Gasteiger partial charge in [0, 0.05) is 21.6 Å². The van der Waals surface area contributed by atoms with Crippen LogP contribution in [0.2, 0.25) is 5.02 Å². The van der Waals surface area contributed by atoms with Gasteiger partial charge in [-0.1, -0.05) is 34.1 Å². The first kappa shape index (κ1) is 13.3. The van der Waals surface area contributed by atoms with Crippen molar-refractivity contribution >= 4 is 39.2 Å². The van der Waals surface area contributed by atoms with Gasteiger partial charge in [0.2, 0.25) is 5.91 Å². The van der Waals surface area contributed by atoms with E-state index in [9.17, 15) is 9.59 Å². The lowest BCUT2D eigenvalue weighted by Gasteiger charge is -2.11. The van der Waals surface area contributed by atoms with Gasteiger partial charge in [0.05, 0.1) is 0 Å². The molecule has 1 aliphatic rings. The van der Waals surface area contributed by atoms with Crippen molar-refractivity contribution in [2.24, 2.45) is 5.92 Å². The molecule has 5 heteroatoms. The Labute approximate surface area is 119 Å². The monoisotopic (exact) mass is 327 g/mol. The fraction of sp³-hybridized carbons (Fsp3) is 0.231. The molecule has 1 aromatic rings. The van der Waals surface area contributed by atoms with E-state index in [0.29, 0.717) is 28.0 Å². The van der Waals surface area contributed by atoms with E-state index in [2.05, 4.69) is 22.5 Å². The number of carbonyl (C=O) groups excluding carboxylic acids is 2. The zero-order valence-corrected chi connectivity index (χ0v) is 11.9. The fourth-order valence-corrected chi connectivity index (χ4v) is 2.61. The second kappa shape index (κ2) is 5.24. The molecule has 1 atom stereocenters. The van der Waals surface area contributed by atoms with E-state index >= 15 is 0 Å². The summed E-state index contributed by atoms with van der Waals surface area (Å²) < 4.78 is 0.654. The second-order valence-electron chi connectivity index (χ2n) is 4.04. The molecule has 18 heavy (non-hydrogen) atoms. The predicted molar refractivity (Wildman–Crippen MR) is 73.5 cm³/mol. The van der Waals surface area contributed by atoms with Gasteiger partial charge in [-0.25, -0.2) is 0 Å². The minimum absolute atomic E-state index is 0.193. The number of nitrogens with zero attached hydrogens (tertiary/aromatic N) is 1. The van der Waals surface area contributed by atoms with Gasteiger partial charge < -0.3 is 4.90 Å². The summed E-state index contributed by atoms with van der Waals surface area (Å²) in [5.41, 5.74) is 0.451. The summed E-state index contributed by atoms with van der Waals surface area (Å²) in [6, 6.07) is 4.98. The third-order valence-electron chi connectivity index (χ3n) is 2.97. The fourth-order valence-electron chi connectivity index (χ4n) is 2.00. The van der Waals surface area contributed by atoms with Crippen molar-refractivity contribution in [2.75, 3.05) is 6.54 Å². The van der Waals surface area contributed by atoms with Crippen molar-refractivity contribution < 1.29 is 9.59 Å². The Kier molecular flexibility index (Phi) is 3.88. The Morgan fingerprint density at radius 2 is 2.28 bits per heavy atom. The molecule has 2 rings (SSSR count). The lowest BCUT2D eigenvalue weighted by Crippen LogP contribution is -2.26. The minimum Gasteiger partial charge on any atom is -0.319 e. The van der Waals surface area contributed by atoms with Gasteiger partial charge in [0.1, 0.15) is 5.92 Å². The lowest BCUT2D eigenvalue weighted by molar-refractivity contribution is -0.127. The summed E-state index contributed by atoms with van der Waals surface area (Å²) in [5.74, 6) is -1.02. The molecule has 3 nitrogen and oxygen atoms in total. The minimum atomic E-state index is -0.627. The first-order valence-electron chi connectivity index (χ1n) is 5.47. The van der Waals surface area contributed by atoms with Crippen LogP contribution in [0.15, 0.2) is 35.5 Å². The molecule has 1 aromatic carbocycles. The Balaban J connectivity index is 2.30. The number of ketones is 1. The Bertz CT molecular complexity index is 530. The van der Waals surface area contributed by atoms with Crippen LogP contribution in [-0.2, 0) is 4.79 Å². The number of carbonyl (C=O) groups is 2. The highest BCUT2D eigenvalue weighted by Crippen LogP contribution is 2.28. The molecule has 0 saturated carbocycles. The molecule has 1 aliphatic heterocycles. The van der Waals surface area contributed by atoms with E-state index in [1.807, 2.05) is 0 Å². The molecule has 0 bridgehead atoms. The first-order valence-corrected chi connectivity index (χ1v) is 6.64. The highest BCUT2D eigenvalue weighted by molar-refractivity contribution is 9.10. The summed E-state index contributed by atoms with van der Waals surface area (Å²) in [6.45, 7) is 4.09. The van der Waals surface area contributed by atoms with Crippen LogP contribution in [0.1, 0.15) is 16.8 Å². The molecule has 0 N–H and O–H groups in total. The third-order valence-corrected chi connectivity index (χ3v) is 3.90.